The first-order chi connectivity index (χ1) is 5.81. The smallest absolute Gasteiger partial charge is 0.127 e. The van der Waals surface area contributed by atoms with Crippen LogP contribution in [0.3, 0.4) is 0 Å². The number of hydrogen-bond donors (Lipinski definition) is 2. The maximum Gasteiger partial charge on any atom is 0.127 e. The van der Waals surface area contributed by atoms with Crippen molar-refractivity contribution in [2.75, 3.05) is 5.73 Å². The molecular formula is C9H11N3. The highest BCUT2D eigenvalue weighted by molar-refractivity contribution is 5.88. The summed E-state index contributed by atoms with van der Waals surface area (Å²) in [5, 5.41) is 1.07. The number of rotatable bonds is 1. The molecule has 3 nitrogen and oxygen atoms in total. The number of nitrogen functional groups attached to an aromatic ring is 1. The van der Waals surface area contributed by atoms with Crippen molar-refractivity contribution in [2.24, 2.45) is 0 Å². The fourth-order valence-electron chi connectivity index (χ4n) is 1.26. The third kappa shape index (κ3) is 0.942. The minimum absolute atomic E-state index is 0.653. The van der Waals surface area contributed by atoms with E-state index in [1.54, 1.807) is 0 Å². The van der Waals surface area contributed by atoms with Gasteiger partial charge >= 0.3 is 0 Å². The zero-order chi connectivity index (χ0) is 8.55. The van der Waals surface area contributed by atoms with Gasteiger partial charge in [-0.3, -0.25) is 0 Å². The summed E-state index contributed by atoms with van der Waals surface area (Å²) in [6.07, 6.45) is 2.82. The second-order valence-electron chi connectivity index (χ2n) is 2.80. The number of anilines is 1. The molecule has 0 aromatic carbocycles. The largest absolute Gasteiger partial charge is 0.383 e. The average Bonchev–Trinajstić information content (AvgIpc) is 2.47. The number of hydrogen-bond acceptors (Lipinski definition) is 2. The van der Waals surface area contributed by atoms with Crippen LogP contribution in [0.2, 0.25) is 0 Å². The molecule has 0 aliphatic rings. The topological polar surface area (TPSA) is 54.7 Å². The number of nitrogens with one attached hydrogen (secondary N) is 1. The van der Waals surface area contributed by atoms with Gasteiger partial charge < -0.3 is 10.7 Å². The van der Waals surface area contributed by atoms with Gasteiger partial charge in [0.15, 0.2) is 0 Å². The lowest BCUT2D eigenvalue weighted by Gasteiger charge is -1.95. The molecule has 2 aromatic rings. The fourth-order valence-corrected chi connectivity index (χ4v) is 1.26. The van der Waals surface area contributed by atoms with Crippen LogP contribution < -0.4 is 5.73 Å². The summed E-state index contributed by atoms with van der Waals surface area (Å²) in [6.45, 7) is 2.08. The number of pyridine rings is 1. The maximum atomic E-state index is 5.68. The van der Waals surface area contributed by atoms with Gasteiger partial charge in [0.05, 0.1) is 0 Å². The van der Waals surface area contributed by atoms with E-state index in [1.807, 2.05) is 18.3 Å². The van der Waals surface area contributed by atoms with Crippen LogP contribution in [0.5, 0.6) is 0 Å². The second-order valence-corrected chi connectivity index (χ2v) is 2.80. The molecule has 0 radical (unpaired) electrons. The molecule has 3 heteroatoms. The zero-order valence-corrected chi connectivity index (χ0v) is 6.96. The van der Waals surface area contributed by atoms with Crippen LogP contribution in [-0.2, 0) is 6.42 Å². The summed E-state index contributed by atoms with van der Waals surface area (Å²) < 4.78 is 0. The Balaban J connectivity index is 2.71. The molecule has 0 unspecified atom stereocenters. The summed E-state index contributed by atoms with van der Waals surface area (Å²) >= 11 is 0. The minimum atomic E-state index is 0.653. The number of aromatic nitrogens is 2. The van der Waals surface area contributed by atoms with Gasteiger partial charge in [0.2, 0.25) is 0 Å². The van der Waals surface area contributed by atoms with Gasteiger partial charge in [0, 0.05) is 17.3 Å². The summed E-state index contributed by atoms with van der Waals surface area (Å²) in [5.74, 6) is 0.653. The third-order valence-electron chi connectivity index (χ3n) is 1.98. The Kier molecular flexibility index (Phi) is 1.50. The summed E-state index contributed by atoms with van der Waals surface area (Å²) in [6, 6.07) is 4.06. The van der Waals surface area contributed by atoms with Crippen molar-refractivity contribution in [2.45, 2.75) is 13.3 Å². The van der Waals surface area contributed by atoms with Gasteiger partial charge in [0.25, 0.3) is 0 Å². The van der Waals surface area contributed by atoms with E-state index in [-0.39, 0.29) is 0 Å². The highest BCUT2D eigenvalue weighted by Crippen LogP contribution is 2.17. The van der Waals surface area contributed by atoms with Crippen LogP contribution in [0, 0.1) is 0 Å². The molecule has 0 saturated heterocycles. The normalized spacial score (nSPS) is 10.8. The maximum absolute atomic E-state index is 5.68. The predicted molar refractivity (Wildman–Crippen MR) is 49.9 cm³/mol. The van der Waals surface area contributed by atoms with E-state index in [9.17, 15) is 0 Å². The van der Waals surface area contributed by atoms with Gasteiger partial charge in [-0.1, -0.05) is 6.92 Å². The van der Waals surface area contributed by atoms with Crippen LogP contribution in [-0.4, -0.2) is 9.97 Å². The van der Waals surface area contributed by atoms with Crippen LogP contribution in [0.25, 0.3) is 10.9 Å². The van der Waals surface area contributed by atoms with E-state index in [1.165, 1.54) is 0 Å². The monoisotopic (exact) mass is 161 g/mol. The fraction of sp³-hybridized carbons (Fsp3) is 0.222. The van der Waals surface area contributed by atoms with Crippen LogP contribution in [0.15, 0.2) is 18.3 Å². The Morgan fingerprint density at radius 2 is 2.33 bits per heavy atom. The molecule has 62 valence electrons. The van der Waals surface area contributed by atoms with Crippen molar-refractivity contribution in [1.82, 2.24) is 9.97 Å². The molecule has 0 aliphatic heterocycles. The van der Waals surface area contributed by atoms with Crippen LogP contribution in [0.1, 0.15) is 12.6 Å². The number of nitrogens with two attached hydrogens (primary N) is 1. The molecule has 0 saturated carbocycles. The number of aromatic amines is 1. The second kappa shape index (κ2) is 2.52. The van der Waals surface area contributed by atoms with Gasteiger partial charge in [-0.2, -0.15) is 0 Å². The summed E-state index contributed by atoms with van der Waals surface area (Å²) in [4.78, 5) is 7.34. The SMILES string of the molecule is CCc1ccc2c[nH]c(N)c2n1. The standard InChI is InChI=1S/C9H11N3/c1-2-7-4-3-6-5-11-9(10)8(6)12-7/h3-5,11H,2,10H2,1H3. The molecule has 0 spiro atoms. The van der Waals surface area contributed by atoms with Gasteiger partial charge in [-0.05, 0) is 18.6 Å². The predicted octanol–water partition coefficient (Wildman–Crippen LogP) is 1.71. The van der Waals surface area contributed by atoms with Crippen molar-refractivity contribution in [3.05, 3.63) is 24.0 Å². The first-order valence-electron chi connectivity index (χ1n) is 4.03. The molecule has 0 amide bonds. The van der Waals surface area contributed by atoms with E-state index in [2.05, 4.69) is 16.9 Å². The molecule has 2 rings (SSSR count). The summed E-state index contributed by atoms with van der Waals surface area (Å²) in [7, 11) is 0. The third-order valence-corrected chi connectivity index (χ3v) is 1.98. The number of H-pyrrole nitrogens is 1. The zero-order valence-electron chi connectivity index (χ0n) is 6.96. The molecular weight excluding hydrogens is 150 g/mol. The molecule has 12 heavy (non-hydrogen) atoms. The Morgan fingerprint density at radius 1 is 1.50 bits per heavy atom. The molecule has 2 heterocycles. The Bertz CT molecular complexity index is 403. The lowest BCUT2D eigenvalue weighted by atomic mass is 10.2. The lowest BCUT2D eigenvalue weighted by Crippen LogP contribution is -1.89. The van der Waals surface area contributed by atoms with Gasteiger partial charge in [-0.15, -0.1) is 0 Å². The Labute approximate surface area is 70.6 Å². The first-order valence-corrected chi connectivity index (χ1v) is 4.03. The van der Waals surface area contributed by atoms with Crippen molar-refractivity contribution in [3.8, 4) is 0 Å². The van der Waals surface area contributed by atoms with E-state index >= 15 is 0 Å². The van der Waals surface area contributed by atoms with Crippen molar-refractivity contribution < 1.29 is 0 Å². The van der Waals surface area contributed by atoms with Crippen molar-refractivity contribution in [3.63, 3.8) is 0 Å². The first kappa shape index (κ1) is 7.16. The van der Waals surface area contributed by atoms with E-state index in [0.717, 1.165) is 23.0 Å². The van der Waals surface area contributed by atoms with Crippen molar-refractivity contribution in [1.29, 1.82) is 0 Å². The molecule has 0 fully saturated rings. The van der Waals surface area contributed by atoms with Gasteiger partial charge in [0.1, 0.15) is 11.3 Å². The number of fused-ring (bicyclic) bond motifs is 1. The number of nitrogens with zero attached hydrogens (tertiary/aromatic N) is 1. The minimum Gasteiger partial charge on any atom is -0.383 e. The van der Waals surface area contributed by atoms with Crippen LogP contribution >= 0.6 is 0 Å². The van der Waals surface area contributed by atoms with Gasteiger partial charge in [-0.25, -0.2) is 4.98 Å². The van der Waals surface area contributed by atoms with E-state index in [0.29, 0.717) is 5.82 Å². The highest BCUT2D eigenvalue weighted by Gasteiger charge is 2.01. The average molecular weight is 161 g/mol. The molecule has 0 atom stereocenters. The number of aryl methyl sites for hydroxylation is 1. The lowest BCUT2D eigenvalue weighted by molar-refractivity contribution is 1.06. The molecule has 0 bridgehead atoms. The molecule has 0 aliphatic carbocycles. The highest BCUT2D eigenvalue weighted by atomic mass is 14.9. The van der Waals surface area contributed by atoms with Crippen molar-refractivity contribution >= 4 is 16.7 Å². The quantitative estimate of drug-likeness (QED) is 0.669. The van der Waals surface area contributed by atoms with E-state index in [4.69, 9.17) is 5.73 Å². The summed E-state index contributed by atoms with van der Waals surface area (Å²) in [5.41, 5.74) is 7.64. The Morgan fingerprint density at radius 3 is 3.08 bits per heavy atom. The van der Waals surface area contributed by atoms with E-state index < -0.39 is 0 Å². The Hall–Kier alpha value is -1.51. The van der Waals surface area contributed by atoms with Crippen LogP contribution in [0.4, 0.5) is 5.82 Å². The molecule has 2 aromatic heterocycles. The molecule has 3 N–H and O–H groups in total.